The molecule has 0 aliphatic rings. The van der Waals surface area contributed by atoms with Gasteiger partial charge in [-0.25, -0.2) is 8.78 Å². The topological polar surface area (TPSA) is 91.7 Å². The fraction of sp³-hybridized carbons (Fsp3) is 0.406. The van der Waals surface area contributed by atoms with Crippen molar-refractivity contribution in [3.63, 3.8) is 0 Å². The standard InChI is InChI=1S/C32H37F2NO6S/c1-31(2,3)41-29(37)13-20(18-42(39)32(4,5)6)22-16-28(36)35(7)17-25(22)23-14-26(34)27(40-8)15-24(23)30(38)19-9-11-21(33)12-10-19/h9-12,14-17,20H,13,18H2,1-8H3/t20-,42-/m1/s1. The van der Waals surface area contributed by atoms with Gasteiger partial charge in [0.05, 0.1) is 13.5 Å². The molecular weight excluding hydrogens is 564 g/mol. The number of benzene rings is 2. The molecule has 0 saturated heterocycles. The average Bonchev–Trinajstić information content (AvgIpc) is 2.87. The number of methoxy groups -OCH3 is 1. The van der Waals surface area contributed by atoms with Crippen molar-refractivity contribution in [3.8, 4) is 16.9 Å². The second-order valence-electron chi connectivity index (χ2n) is 12.1. The number of nitrogens with zero attached hydrogens (tertiary/aromatic N) is 1. The number of halogens is 2. The molecule has 10 heteroatoms. The Balaban J connectivity index is 2.31. The van der Waals surface area contributed by atoms with E-state index < -0.39 is 56.0 Å². The number of carbonyl (C=O) groups is 2. The summed E-state index contributed by atoms with van der Waals surface area (Å²) in [6.45, 7) is 10.6. The third kappa shape index (κ3) is 8.00. The Morgan fingerprint density at radius 1 is 0.976 bits per heavy atom. The third-order valence-electron chi connectivity index (χ3n) is 6.50. The lowest BCUT2D eigenvalue weighted by molar-refractivity contribution is -0.155. The predicted molar refractivity (Wildman–Crippen MR) is 159 cm³/mol. The lowest BCUT2D eigenvalue weighted by atomic mass is 9.87. The van der Waals surface area contributed by atoms with E-state index in [4.69, 9.17) is 9.47 Å². The lowest BCUT2D eigenvalue weighted by Gasteiger charge is -2.27. The van der Waals surface area contributed by atoms with Crippen molar-refractivity contribution in [2.75, 3.05) is 12.9 Å². The summed E-state index contributed by atoms with van der Waals surface area (Å²) in [4.78, 5) is 39.7. The van der Waals surface area contributed by atoms with Crippen molar-refractivity contribution in [2.24, 2.45) is 7.05 Å². The van der Waals surface area contributed by atoms with E-state index in [9.17, 15) is 23.0 Å². The number of ketones is 1. The van der Waals surface area contributed by atoms with Crippen LogP contribution in [0.2, 0.25) is 0 Å². The molecule has 7 nitrogen and oxygen atoms in total. The maximum atomic E-state index is 15.2. The number of rotatable bonds is 9. The van der Waals surface area contributed by atoms with Gasteiger partial charge >= 0.3 is 5.97 Å². The minimum Gasteiger partial charge on any atom is -0.494 e. The van der Waals surface area contributed by atoms with E-state index in [1.165, 1.54) is 49.2 Å². The van der Waals surface area contributed by atoms with Gasteiger partial charge in [-0.1, -0.05) is 0 Å². The Labute approximate surface area is 247 Å². The summed E-state index contributed by atoms with van der Waals surface area (Å²) in [7, 11) is 1.32. The van der Waals surface area contributed by atoms with Gasteiger partial charge < -0.3 is 14.0 Å². The predicted octanol–water partition coefficient (Wildman–Crippen LogP) is 5.93. The molecule has 2 atom stereocenters. The first-order valence-corrected chi connectivity index (χ1v) is 14.7. The number of hydrogen-bond acceptors (Lipinski definition) is 6. The Bertz CT molecular complexity index is 1570. The van der Waals surface area contributed by atoms with Gasteiger partial charge in [0, 0.05) is 63.2 Å². The normalized spacial score (nSPS) is 13.4. The van der Waals surface area contributed by atoms with Crippen LogP contribution in [-0.2, 0) is 27.4 Å². The van der Waals surface area contributed by atoms with E-state index in [1.807, 2.05) is 0 Å². The van der Waals surface area contributed by atoms with Gasteiger partial charge in [0.1, 0.15) is 11.4 Å². The molecule has 0 radical (unpaired) electrons. The molecule has 2 aromatic carbocycles. The highest BCUT2D eigenvalue weighted by molar-refractivity contribution is 7.86. The summed E-state index contributed by atoms with van der Waals surface area (Å²) in [6.07, 6.45) is 1.25. The van der Waals surface area contributed by atoms with E-state index in [-0.39, 0.29) is 34.6 Å². The molecule has 0 saturated carbocycles. The van der Waals surface area contributed by atoms with Gasteiger partial charge in [-0.3, -0.25) is 18.6 Å². The number of carbonyl (C=O) groups excluding carboxylic acids is 2. The van der Waals surface area contributed by atoms with Crippen molar-refractivity contribution < 1.29 is 32.1 Å². The quantitative estimate of drug-likeness (QED) is 0.223. The lowest BCUT2D eigenvalue weighted by Crippen LogP contribution is -2.30. The highest BCUT2D eigenvalue weighted by Gasteiger charge is 2.31. The molecule has 0 amide bonds. The molecule has 3 aromatic rings. The van der Waals surface area contributed by atoms with Crippen LogP contribution >= 0.6 is 0 Å². The maximum absolute atomic E-state index is 15.2. The Morgan fingerprint density at radius 2 is 1.60 bits per heavy atom. The van der Waals surface area contributed by atoms with Crippen LogP contribution in [0.1, 0.15) is 75.4 Å². The molecule has 42 heavy (non-hydrogen) atoms. The third-order valence-corrected chi connectivity index (χ3v) is 8.57. The molecule has 1 aromatic heterocycles. The van der Waals surface area contributed by atoms with Crippen molar-refractivity contribution in [1.29, 1.82) is 0 Å². The smallest absolute Gasteiger partial charge is 0.306 e. The van der Waals surface area contributed by atoms with Crippen LogP contribution in [0.15, 0.2) is 53.5 Å². The zero-order valence-electron chi connectivity index (χ0n) is 25.2. The number of aromatic nitrogens is 1. The summed E-state index contributed by atoms with van der Waals surface area (Å²) < 4.78 is 53.5. The van der Waals surface area contributed by atoms with Crippen molar-refractivity contribution in [3.05, 3.63) is 87.3 Å². The molecule has 0 spiro atoms. The van der Waals surface area contributed by atoms with Crippen LogP contribution in [0.3, 0.4) is 0 Å². The van der Waals surface area contributed by atoms with E-state index in [0.29, 0.717) is 11.1 Å². The summed E-state index contributed by atoms with van der Waals surface area (Å²) >= 11 is 0. The number of hydrogen-bond donors (Lipinski definition) is 0. The maximum Gasteiger partial charge on any atom is 0.306 e. The number of pyridine rings is 1. The molecule has 0 aliphatic carbocycles. The molecule has 0 bridgehead atoms. The second-order valence-corrected chi connectivity index (χ2v) is 14.3. The molecule has 0 unspecified atom stereocenters. The fourth-order valence-corrected chi connectivity index (χ4v) is 5.52. The van der Waals surface area contributed by atoms with E-state index in [0.717, 1.165) is 18.2 Å². The van der Waals surface area contributed by atoms with Crippen LogP contribution in [0, 0.1) is 11.6 Å². The first-order chi connectivity index (χ1) is 19.4. The van der Waals surface area contributed by atoms with Crippen LogP contribution < -0.4 is 10.3 Å². The first-order valence-electron chi connectivity index (χ1n) is 13.4. The average molecular weight is 602 g/mol. The molecule has 0 aliphatic heterocycles. The van der Waals surface area contributed by atoms with Gasteiger partial charge in [0.2, 0.25) is 0 Å². The van der Waals surface area contributed by atoms with Crippen molar-refractivity contribution >= 4 is 22.6 Å². The van der Waals surface area contributed by atoms with Crippen molar-refractivity contribution in [2.45, 2.75) is 64.2 Å². The van der Waals surface area contributed by atoms with Gasteiger partial charge in [0.25, 0.3) is 5.56 Å². The van der Waals surface area contributed by atoms with Crippen LogP contribution in [0.5, 0.6) is 5.75 Å². The molecular formula is C32H37F2NO6S. The second kappa shape index (κ2) is 12.7. The van der Waals surface area contributed by atoms with Crippen LogP contribution in [0.4, 0.5) is 8.78 Å². The van der Waals surface area contributed by atoms with Gasteiger partial charge in [-0.15, -0.1) is 0 Å². The van der Waals surface area contributed by atoms with E-state index >= 15 is 4.39 Å². The minimum atomic E-state index is -1.45. The first kappa shape index (κ1) is 32.8. The Kier molecular flexibility index (Phi) is 9.92. The van der Waals surface area contributed by atoms with Crippen LogP contribution in [-0.4, -0.2) is 43.7 Å². The highest BCUT2D eigenvalue weighted by atomic mass is 32.2. The molecule has 0 N–H and O–H groups in total. The van der Waals surface area contributed by atoms with Gasteiger partial charge in [-0.05, 0) is 89.1 Å². The molecule has 1 heterocycles. The minimum absolute atomic E-state index is 0.00277. The number of aryl methyl sites for hydroxylation is 1. The van der Waals surface area contributed by atoms with Gasteiger partial charge in [0.15, 0.2) is 17.3 Å². The Hall–Kier alpha value is -3.66. The summed E-state index contributed by atoms with van der Waals surface area (Å²) in [6, 6.07) is 8.62. The largest absolute Gasteiger partial charge is 0.494 e. The van der Waals surface area contributed by atoms with E-state index in [2.05, 4.69) is 0 Å². The molecule has 3 rings (SSSR count). The SMILES string of the molecule is COc1cc(C(=O)c2ccc(F)cc2)c(-c2cn(C)c(=O)cc2[C@H](CC(=O)OC(C)(C)C)C[S@@](=O)C(C)(C)C)cc1F. The summed E-state index contributed by atoms with van der Waals surface area (Å²) in [5, 5.41) is 0. The fourth-order valence-electron chi connectivity index (χ4n) is 4.36. The van der Waals surface area contributed by atoms with E-state index in [1.54, 1.807) is 41.5 Å². The zero-order chi connectivity index (χ0) is 31.6. The molecule has 0 fully saturated rings. The highest BCUT2D eigenvalue weighted by Crippen LogP contribution is 2.37. The van der Waals surface area contributed by atoms with Crippen molar-refractivity contribution in [1.82, 2.24) is 4.57 Å². The van der Waals surface area contributed by atoms with Crippen LogP contribution in [0.25, 0.3) is 11.1 Å². The summed E-state index contributed by atoms with van der Waals surface area (Å²) in [5.74, 6) is -3.34. The number of esters is 1. The Morgan fingerprint density at radius 3 is 2.14 bits per heavy atom. The monoisotopic (exact) mass is 601 g/mol. The zero-order valence-corrected chi connectivity index (χ0v) is 26.0. The summed E-state index contributed by atoms with van der Waals surface area (Å²) in [5.41, 5.74) is -0.268. The molecule has 226 valence electrons. The van der Waals surface area contributed by atoms with Gasteiger partial charge in [-0.2, -0.15) is 0 Å². The number of ether oxygens (including phenoxy) is 2.